The van der Waals surface area contributed by atoms with Gasteiger partial charge in [0.1, 0.15) is 0 Å². The minimum Gasteiger partial charge on any atom is -0.359 e. The number of rotatable bonds is 2. The SMILES string of the molecule is Cc1cc2cc(-c3ccncc3CN)ccc2[nH]1. The van der Waals surface area contributed by atoms with E-state index < -0.39 is 0 Å². The molecule has 0 fully saturated rings. The van der Waals surface area contributed by atoms with Gasteiger partial charge in [-0.2, -0.15) is 0 Å². The zero-order valence-electron chi connectivity index (χ0n) is 10.3. The van der Waals surface area contributed by atoms with Crippen LogP contribution in [0, 0.1) is 6.92 Å². The highest BCUT2D eigenvalue weighted by molar-refractivity contribution is 5.86. The van der Waals surface area contributed by atoms with E-state index in [0.29, 0.717) is 6.54 Å². The standard InChI is InChI=1S/C15H15N3/c1-10-6-12-7-11(2-3-15(12)18-10)14-4-5-17-9-13(14)8-16/h2-7,9,18H,8,16H2,1H3. The first-order valence-corrected chi connectivity index (χ1v) is 6.00. The number of fused-ring (bicyclic) bond motifs is 1. The fourth-order valence-corrected chi connectivity index (χ4v) is 2.32. The monoisotopic (exact) mass is 237 g/mol. The molecule has 0 bridgehead atoms. The smallest absolute Gasteiger partial charge is 0.0456 e. The zero-order valence-corrected chi connectivity index (χ0v) is 10.3. The largest absolute Gasteiger partial charge is 0.359 e. The molecule has 3 N–H and O–H groups in total. The molecule has 90 valence electrons. The third kappa shape index (κ3) is 1.79. The summed E-state index contributed by atoms with van der Waals surface area (Å²) in [6.45, 7) is 2.57. The highest BCUT2D eigenvalue weighted by atomic mass is 14.7. The Hall–Kier alpha value is -2.13. The Bertz CT molecular complexity index is 698. The van der Waals surface area contributed by atoms with E-state index >= 15 is 0 Å². The number of aromatic amines is 1. The molecule has 0 aliphatic heterocycles. The van der Waals surface area contributed by atoms with Crippen molar-refractivity contribution >= 4 is 10.9 Å². The summed E-state index contributed by atoms with van der Waals surface area (Å²) < 4.78 is 0. The topological polar surface area (TPSA) is 54.7 Å². The van der Waals surface area contributed by atoms with Crippen molar-refractivity contribution < 1.29 is 0 Å². The van der Waals surface area contributed by atoms with Crippen LogP contribution in [0.2, 0.25) is 0 Å². The molecule has 0 unspecified atom stereocenters. The van der Waals surface area contributed by atoms with Crippen molar-refractivity contribution in [1.82, 2.24) is 9.97 Å². The minimum absolute atomic E-state index is 0.507. The van der Waals surface area contributed by atoms with Crippen LogP contribution < -0.4 is 5.73 Å². The van der Waals surface area contributed by atoms with Crippen LogP contribution in [0.15, 0.2) is 42.7 Å². The third-order valence-corrected chi connectivity index (χ3v) is 3.19. The zero-order chi connectivity index (χ0) is 12.5. The molecule has 3 nitrogen and oxygen atoms in total. The van der Waals surface area contributed by atoms with Crippen molar-refractivity contribution in [3.8, 4) is 11.1 Å². The van der Waals surface area contributed by atoms with E-state index in [1.165, 1.54) is 22.2 Å². The Labute approximate surface area is 106 Å². The maximum atomic E-state index is 5.76. The molecule has 0 saturated heterocycles. The van der Waals surface area contributed by atoms with Crippen molar-refractivity contribution in [3.63, 3.8) is 0 Å². The van der Waals surface area contributed by atoms with Gasteiger partial charge in [-0.25, -0.2) is 0 Å². The van der Waals surface area contributed by atoms with Crippen LogP contribution in [0.5, 0.6) is 0 Å². The number of hydrogen-bond acceptors (Lipinski definition) is 2. The molecule has 3 rings (SSSR count). The molecule has 1 aromatic carbocycles. The van der Waals surface area contributed by atoms with Crippen LogP contribution in [-0.4, -0.2) is 9.97 Å². The Balaban J connectivity index is 2.18. The molecule has 0 radical (unpaired) electrons. The summed E-state index contributed by atoms with van der Waals surface area (Å²) in [5.74, 6) is 0. The summed E-state index contributed by atoms with van der Waals surface area (Å²) in [5, 5.41) is 1.23. The lowest BCUT2D eigenvalue weighted by Gasteiger charge is -2.07. The van der Waals surface area contributed by atoms with E-state index in [-0.39, 0.29) is 0 Å². The van der Waals surface area contributed by atoms with Crippen molar-refractivity contribution in [1.29, 1.82) is 0 Å². The second-order valence-corrected chi connectivity index (χ2v) is 4.49. The molecule has 3 heteroatoms. The molecule has 18 heavy (non-hydrogen) atoms. The van der Waals surface area contributed by atoms with E-state index in [0.717, 1.165) is 11.1 Å². The molecule has 0 amide bonds. The number of benzene rings is 1. The van der Waals surface area contributed by atoms with Crippen molar-refractivity contribution in [2.24, 2.45) is 5.73 Å². The van der Waals surface area contributed by atoms with Crippen LogP contribution in [0.1, 0.15) is 11.3 Å². The van der Waals surface area contributed by atoms with E-state index in [4.69, 9.17) is 5.73 Å². The van der Waals surface area contributed by atoms with Gasteiger partial charge in [-0.1, -0.05) is 6.07 Å². The van der Waals surface area contributed by atoms with Gasteiger partial charge in [-0.05, 0) is 47.9 Å². The minimum atomic E-state index is 0.507. The van der Waals surface area contributed by atoms with E-state index in [9.17, 15) is 0 Å². The van der Waals surface area contributed by atoms with Gasteiger partial charge < -0.3 is 10.7 Å². The molecule has 2 heterocycles. The third-order valence-electron chi connectivity index (χ3n) is 3.19. The fourth-order valence-electron chi connectivity index (χ4n) is 2.32. The quantitative estimate of drug-likeness (QED) is 0.720. The Kier molecular flexibility index (Phi) is 2.61. The summed E-state index contributed by atoms with van der Waals surface area (Å²) in [5.41, 5.74) is 11.5. The summed E-state index contributed by atoms with van der Waals surface area (Å²) in [4.78, 5) is 7.45. The Morgan fingerprint density at radius 3 is 2.94 bits per heavy atom. The maximum Gasteiger partial charge on any atom is 0.0456 e. The van der Waals surface area contributed by atoms with Crippen LogP contribution in [0.25, 0.3) is 22.0 Å². The summed E-state index contributed by atoms with van der Waals surface area (Å²) in [7, 11) is 0. The molecule has 2 aromatic heterocycles. The first-order chi connectivity index (χ1) is 8.78. The second-order valence-electron chi connectivity index (χ2n) is 4.49. The molecular formula is C15H15N3. The average molecular weight is 237 g/mol. The molecule has 0 aliphatic carbocycles. The van der Waals surface area contributed by atoms with E-state index in [1.807, 2.05) is 12.3 Å². The number of aryl methyl sites for hydroxylation is 1. The van der Waals surface area contributed by atoms with Crippen LogP contribution in [-0.2, 0) is 6.54 Å². The lowest BCUT2D eigenvalue weighted by atomic mass is 10.0. The van der Waals surface area contributed by atoms with Gasteiger partial charge in [0.15, 0.2) is 0 Å². The van der Waals surface area contributed by atoms with Gasteiger partial charge in [-0.15, -0.1) is 0 Å². The number of nitrogens with one attached hydrogen (secondary N) is 1. The Morgan fingerprint density at radius 2 is 2.11 bits per heavy atom. The van der Waals surface area contributed by atoms with Gasteiger partial charge in [0.25, 0.3) is 0 Å². The number of pyridine rings is 1. The summed E-state index contributed by atoms with van der Waals surface area (Å²) >= 11 is 0. The van der Waals surface area contributed by atoms with E-state index in [1.54, 1.807) is 6.20 Å². The van der Waals surface area contributed by atoms with Crippen LogP contribution in [0.4, 0.5) is 0 Å². The maximum absolute atomic E-state index is 5.76. The highest BCUT2D eigenvalue weighted by Crippen LogP contribution is 2.26. The Morgan fingerprint density at radius 1 is 1.22 bits per heavy atom. The van der Waals surface area contributed by atoms with Gasteiger partial charge in [0.2, 0.25) is 0 Å². The average Bonchev–Trinajstić information content (AvgIpc) is 2.77. The molecule has 0 saturated carbocycles. The van der Waals surface area contributed by atoms with Crippen LogP contribution in [0.3, 0.4) is 0 Å². The number of nitrogens with zero attached hydrogens (tertiary/aromatic N) is 1. The second kappa shape index (κ2) is 4.27. The van der Waals surface area contributed by atoms with Crippen molar-refractivity contribution in [2.45, 2.75) is 13.5 Å². The van der Waals surface area contributed by atoms with Gasteiger partial charge in [-0.3, -0.25) is 4.98 Å². The number of nitrogens with two attached hydrogens (primary N) is 1. The molecule has 0 spiro atoms. The number of H-pyrrole nitrogens is 1. The highest BCUT2D eigenvalue weighted by Gasteiger charge is 2.05. The molecule has 0 atom stereocenters. The van der Waals surface area contributed by atoms with Crippen molar-refractivity contribution in [2.75, 3.05) is 0 Å². The molecule has 0 aliphatic rings. The van der Waals surface area contributed by atoms with Gasteiger partial charge in [0, 0.05) is 35.5 Å². The molecular weight excluding hydrogens is 222 g/mol. The summed E-state index contributed by atoms with van der Waals surface area (Å²) in [6.07, 6.45) is 3.64. The number of aromatic nitrogens is 2. The predicted molar refractivity (Wildman–Crippen MR) is 74.2 cm³/mol. The predicted octanol–water partition coefficient (Wildman–Crippen LogP) is 3.00. The first-order valence-electron chi connectivity index (χ1n) is 6.00. The van der Waals surface area contributed by atoms with Gasteiger partial charge >= 0.3 is 0 Å². The summed E-state index contributed by atoms with van der Waals surface area (Å²) in [6, 6.07) is 10.6. The van der Waals surface area contributed by atoms with Crippen LogP contribution >= 0.6 is 0 Å². The normalized spacial score (nSPS) is 11.0. The lowest BCUT2D eigenvalue weighted by molar-refractivity contribution is 1.05. The van der Waals surface area contributed by atoms with Crippen molar-refractivity contribution in [3.05, 3.63) is 54.0 Å². The molecule has 3 aromatic rings. The number of hydrogen-bond donors (Lipinski definition) is 2. The van der Waals surface area contributed by atoms with Gasteiger partial charge in [0.05, 0.1) is 0 Å². The fraction of sp³-hybridized carbons (Fsp3) is 0.133. The van der Waals surface area contributed by atoms with E-state index in [2.05, 4.69) is 41.2 Å². The first kappa shape index (κ1) is 11.0. The lowest BCUT2D eigenvalue weighted by Crippen LogP contribution is -1.99.